The molecule has 2 aromatic rings. The number of ether oxygens (including phenoxy) is 4. The summed E-state index contributed by atoms with van der Waals surface area (Å²) in [6, 6.07) is 1.55. The first-order valence-corrected chi connectivity index (χ1v) is 17.4. The van der Waals surface area contributed by atoms with E-state index in [-0.39, 0.29) is 43.0 Å². The first kappa shape index (κ1) is 35.3. The number of hydrogen-bond acceptors (Lipinski definition) is 11. The minimum absolute atomic E-state index is 0.0359. The highest BCUT2D eigenvalue weighted by Gasteiger charge is 2.57. The summed E-state index contributed by atoms with van der Waals surface area (Å²) in [4.78, 5) is 42.9. The van der Waals surface area contributed by atoms with Gasteiger partial charge in [0.05, 0.1) is 25.3 Å². The molecular weight excluding hydrogens is 642 g/mol. The van der Waals surface area contributed by atoms with Crippen LogP contribution in [0.25, 0.3) is 0 Å². The molecule has 6 rings (SSSR count). The van der Waals surface area contributed by atoms with Crippen molar-refractivity contribution < 1.29 is 38.4 Å². The summed E-state index contributed by atoms with van der Waals surface area (Å²) in [5.74, 6) is 0.712. The number of fused-ring (bicyclic) bond motifs is 9. The van der Waals surface area contributed by atoms with E-state index in [1.807, 2.05) is 27.0 Å². The van der Waals surface area contributed by atoms with Crippen molar-refractivity contribution in [1.82, 2.24) is 20.4 Å². The molecule has 13 nitrogen and oxygen atoms in total. The molecule has 0 radical (unpaired) electrons. The Balaban J connectivity index is 1.47. The van der Waals surface area contributed by atoms with Crippen molar-refractivity contribution in [3.63, 3.8) is 0 Å². The quantitative estimate of drug-likeness (QED) is 0.190. The number of carbonyl (C=O) groups is 3. The zero-order valence-electron chi connectivity index (χ0n) is 29.8. The Kier molecular flexibility index (Phi) is 9.88. The number of nitrogens with one attached hydrogen (secondary N) is 2. The van der Waals surface area contributed by atoms with Gasteiger partial charge in [0, 0.05) is 54.2 Å². The molecule has 0 aliphatic carbocycles. The zero-order chi connectivity index (χ0) is 36.0. The maximum Gasteiger partial charge on any atom is 0.308 e. The lowest BCUT2D eigenvalue weighted by atomic mass is 9.71. The summed E-state index contributed by atoms with van der Waals surface area (Å²) in [6.45, 7) is 8.79. The molecule has 50 heavy (non-hydrogen) atoms. The lowest BCUT2D eigenvalue weighted by Crippen LogP contribution is -2.69. The number of likely N-dealkylation sites (N-methyl/N-ethyl adjacent to an activating group) is 1. The summed E-state index contributed by atoms with van der Waals surface area (Å²) in [5, 5.41) is 28.4. The number of carbonyl (C=O) groups excluding carboxylic acids is 3. The molecule has 4 heterocycles. The number of piperazine rings is 1. The maximum atomic E-state index is 13.5. The monoisotopic (exact) mass is 689 g/mol. The van der Waals surface area contributed by atoms with Gasteiger partial charge >= 0.3 is 5.97 Å². The number of aryl methyl sites for hydroxylation is 1. The first-order chi connectivity index (χ1) is 23.9. The van der Waals surface area contributed by atoms with Crippen molar-refractivity contribution in [3.05, 3.63) is 39.4 Å². The van der Waals surface area contributed by atoms with Gasteiger partial charge in [0.15, 0.2) is 23.0 Å². The van der Waals surface area contributed by atoms with E-state index in [0.717, 1.165) is 36.0 Å². The van der Waals surface area contributed by atoms with Gasteiger partial charge < -0.3 is 34.7 Å². The molecule has 0 aromatic heterocycles. The van der Waals surface area contributed by atoms with Crippen LogP contribution in [0, 0.1) is 25.2 Å². The number of amides is 2. The third-order valence-corrected chi connectivity index (χ3v) is 10.8. The second kappa shape index (κ2) is 14.0. The van der Waals surface area contributed by atoms with Crippen LogP contribution in [-0.4, -0.2) is 84.4 Å². The Labute approximate surface area is 292 Å². The number of methoxy groups -OCH3 is 1. The molecule has 1 saturated heterocycles. The Morgan fingerprint density at radius 2 is 1.86 bits per heavy atom. The number of rotatable bonds is 10. The Hall–Kier alpha value is -4.54. The zero-order valence-corrected chi connectivity index (χ0v) is 29.8. The van der Waals surface area contributed by atoms with E-state index in [0.29, 0.717) is 59.0 Å². The predicted octanol–water partition coefficient (Wildman–Crippen LogP) is 3.64. The molecule has 6 atom stereocenters. The van der Waals surface area contributed by atoms with Crippen LogP contribution in [0.1, 0.15) is 91.9 Å². The van der Waals surface area contributed by atoms with Gasteiger partial charge in [0.25, 0.3) is 0 Å². The molecule has 2 bridgehead atoms. The molecule has 268 valence electrons. The van der Waals surface area contributed by atoms with E-state index in [1.165, 1.54) is 14.0 Å². The summed E-state index contributed by atoms with van der Waals surface area (Å²) in [7, 11) is 3.50. The van der Waals surface area contributed by atoms with Crippen LogP contribution in [0.2, 0.25) is 0 Å². The topological polar surface area (TPSA) is 163 Å². The minimum atomic E-state index is -0.791. The van der Waals surface area contributed by atoms with Gasteiger partial charge in [-0.25, -0.2) is 0 Å². The van der Waals surface area contributed by atoms with Crippen LogP contribution < -0.4 is 29.6 Å². The largest absolute Gasteiger partial charge is 0.504 e. The van der Waals surface area contributed by atoms with Gasteiger partial charge in [-0.15, -0.1) is 0 Å². The number of esters is 1. The highest BCUT2D eigenvalue weighted by Crippen LogP contribution is 2.58. The Morgan fingerprint density at radius 3 is 2.54 bits per heavy atom. The van der Waals surface area contributed by atoms with Gasteiger partial charge in [-0.3, -0.25) is 24.2 Å². The normalized spacial score (nSPS) is 23.8. The third-order valence-electron chi connectivity index (χ3n) is 10.8. The molecule has 0 spiro atoms. The van der Waals surface area contributed by atoms with Crippen molar-refractivity contribution in [3.8, 4) is 34.8 Å². The smallest absolute Gasteiger partial charge is 0.308 e. The molecule has 2 aromatic carbocycles. The lowest BCUT2D eigenvalue weighted by molar-refractivity contribution is -0.132. The number of aromatic hydroxyl groups is 1. The number of unbranched alkanes of at least 4 members (excludes halogenated alkanes) is 2. The van der Waals surface area contributed by atoms with Gasteiger partial charge in [0.2, 0.25) is 18.6 Å². The molecule has 1 fully saturated rings. The van der Waals surface area contributed by atoms with Crippen LogP contribution in [-0.2, 0) is 27.2 Å². The van der Waals surface area contributed by atoms with Crippen molar-refractivity contribution in [1.29, 1.82) is 5.26 Å². The number of phenols is 1. The number of nitrogens with zero attached hydrogens (tertiary/aromatic N) is 3. The first-order valence-electron chi connectivity index (χ1n) is 17.4. The third kappa shape index (κ3) is 5.88. The van der Waals surface area contributed by atoms with E-state index in [9.17, 15) is 24.8 Å². The number of phenolic OH excluding ortho intramolecular Hbond substituents is 1. The van der Waals surface area contributed by atoms with Gasteiger partial charge in [-0.2, -0.15) is 5.26 Å². The second-order valence-electron chi connectivity index (χ2n) is 13.8. The fourth-order valence-electron chi connectivity index (χ4n) is 8.58. The summed E-state index contributed by atoms with van der Waals surface area (Å²) >= 11 is 0. The standard InChI is InChI=1S/C37H47N5O8/c1-8-9-10-11-28(44)40-20(4)37(46)39-16-27-30-23(34(50-21(5)43)19(3)35-36(30)49-17-48-35)14-25-31-29-22(12-18(2)33(47-7)32(29)45)13-24(41(31)6)26(15-38)42(25)27/h12,20,24-27,31,45H,8-11,13-14,16-17H2,1-7H3,(H,39,46)(H,40,44)/t20-,24+,25?,26-,27-,31-/m0/s1. The van der Waals surface area contributed by atoms with E-state index in [2.05, 4.69) is 33.4 Å². The van der Waals surface area contributed by atoms with Crippen LogP contribution in [0.4, 0.5) is 0 Å². The highest BCUT2D eigenvalue weighted by molar-refractivity contribution is 5.87. The average molecular weight is 690 g/mol. The predicted molar refractivity (Wildman–Crippen MR) is 182 cm³/mol. The highest BCUT2D eigenvalue weighted by atomic mass is 16.7. The van der Waals surface area contributed by atoms with Gasteiger partial charge in [-0.05, 0) is 58.2 Å². The fraction of sp³-hybridized carbons (Fsp3) is 0.568. The molecule has 4 aliphatic heterocycles. The molecule has 2 amide bonds. The molecule has 3 N–H and O–H groups in total. The SMILES string of the molecule is CCCCCC(=O)N[C@@H](C)C(=O)NC[C@H]1c2c(c(OC(C)=O)c(C)c3c2OCO3)CC2[C@H]3c4c(cc(C)c(OC)c4O)C[C@H]([C@H](C#N)N21)N3C. The van der Waals surface area contributed by atoms with E-state index >= 15 is 0 Å². The molecule has 13 heteroatoms. The molecule has 4 aliphatic rings. The van der Waals surface area contributed by atoms with Crippen molar-refractivity contribution in [2.24, 2.45) is 0 Å². The number of nitriles is 1. The van der Waals surface area contributed by atoms with E-state index in [4.69, 9.17) is 18.9 Å². The van der Waals surface area contributed by atoms with Crippen LogP contribution >= 0.6 is 0 Å². The second-order valence-corrected chi connectivity index (χ2v) is 13.8. The molecule has 1 unspecified atom stereocenters. The maximum absolute atomic E-state index is 13.5. The summed E-state index contributed by atoms with van der Waals surface area (Å²) in [6.07, 6.45) is 3.87. The van der Waals surface area contributed by atoms with Crippen molar-refractivity contribution >= 4 is 17.8 Å². The number of hydrogen-bond donors (Lipinski definition) is 3. The van der Waals surface area contributed by atoms with Gasteiger partial charge in [-0.1, -0.05) is 25.8 Å². The summed E-state index contributed by atoms with van der Waals surface area (Å²) < 4.78 is 23.5. The summed E-state index contributed by atoms with van der Waals surface area (Å²) in [5.41, 5.74) is 4.50. The van der Waals surface area contributed by atoms with E-state index < -0.39 is 30.1 Å². The lowest BCUT2D eigenvalue weighted by Gasteiger charge is -2.60. The molecular formula is C37H47N5O8. The van der Waals surface area contributed by atoms with Crippen LogP contribution in [0.15, 0.2) is 6.07 Å². The fourth-order valence-corrected chi connectivity index (χ4v) is 8.58. The minimum Gasteiger partial charge on any atom is -0.504 e. The molecule has 0 saturated carbocycles. The average Bonchev–Trinajstić information content (AvgIpc) is 3.56. The van der Waals surface area contributed by atoms with Crippen molar-refractivity contribution in [2.45, 2.75) is 109 Å². The number of benzene rings is 2. The Bertz CT molecular complexity index is 1750. The van der Waals surface area contributed by atoms with Crippen LogP contribution in [0.5, 0.6) is 28.7 Å². The van der Waals surface area contributed by atoms with Crippen molar-refractivity contribution in [2.75, 3.05) is 27.5 Å². The Morgan fingerprint density at radius 1 is 1.12 bits per heavy atom. The van der Waals surface area contributed by atoms with E-state index in [1.54, 1.807) is 6.92 Å². The van der Waals surface area contributed by atoms with Gasteiger partial charge in [0.1, 0.15) is 17.8 Å². The van der Waals surface area contributed by atoms with Crippen LogP contribution in [0.3, 0.4) is 0 Å².